The zero-order chi connectivity index (χ0) is 15.0. The molecule has 0 spiro atoms. The van der Waals surface area contributed by atoms with Crippen LogP contribution in [0.15, 0.2) is 18.2 Å². The van der Waals surface area contributed by atoms with Gasteiger partial charge in [-0.15, -0.1) is 0 Å². The largest absolute Gasteiger partial charge is 0.478 e. The average Bonchev–Trinajstić information content (AvgIpc) is 3.00. The summed E-state index contributed by atoms with van der Waals surface area (Å²) < 4.78 is 19.1. The predicted octanol–water partition coefficient (Wildman–Crippen LogP) is 1.97. The van der Waals surface area contributed by atoms with Gasteiger partial charge < -0.3 is 20.5 Å². The van der Waals surface area contributed by atoms with Crippen molar-refractivity contribution in [2.45, 2.75) is 37.5 Å². The van der Waals surface area contributed by atoms with Gasteiger partial charge in [0.25, 0.3) is 0 Å². The summed E-state index contributed by atoms with van der Waals surface area (Å²) in [5.74, 6) is -2.23. The highest BCUT2D eigenvalue weighted by atomic mass is 19.1. The summed E-state index contributed by atoms with van der Waals surface area (Å²) in [6.45, 7) is 0. The van der Waals surface area contributed by atoms with E-state index in [1.54, 1.807) is 0 Å². The summed E-state index contributed by atoms with van der Waals surface area (Å²) in [5, 5.41) is 14.0. The fraction of sp³-hybridized carbons (Fsp3) is 0.429. The van der Waals surface area contributed by atoms with Crippen molar-refractivity contribution in [2.24, 2.45) is 0 Å². The van der Waals surface area contributed by atoms with Gasteiger partial charge in [0.15, 0.2) is 0 Å². The monoisotopic (exact) mass is 294 g/mol. The van der Waals surface area contributed by atoms with Crippen LogP contribution in [0.2, 0.25) is 0 Å². The molecule has 2 saturated heterocycles. The molecule has 3 N–H and O–H groups in total. The summed E-state index contributed by atoms with van der Waals surface area (Å²) in [6, 6.07) is 2.99. The van der Waals surface area contributed by atoms with Gasteiger partial charge >= 0.3 is 12.0 Å². The van der Waals surface area contributed by atoms with Crippen molar-refractivity contribution >= 4 is 17.7 Å². The molecule has 3 unspecified atom stereocenters. The molecule has 2 aliphatic rings. The minimum Gasteiger partial charge on any atom is -0.478 e. The molecular weight excluding hydrogens is 279 g/mol. The average molecular weight is 294 g/mol. The van der Waals surface area contributed by atoms with Gasteiger partial charge in [-0.25, -0.2) is 14.0 Å². The van der Waals surface area contributed by atoms with Crippen LogP contribution in [0.25, 0.3) is 0 Å². The standard InChI is InChI=1S/C14H15FN2O4/c15-10-5-7(1-3-9(10)13(18)19)16-14(20)17-11-6-8-2-4-12(11)21-8/h1,3,5,8,11-12H,2,4,6H2,(H,18,19)(H2,16,17,20). The fourth-order valence-electron chi connectivity index (χ4n) is 2.89. The first-order chi connectivity index (χ1) is 10.0. The van der Waals surface area contributed by atoms with E-state index < -0.39 is 23.4 Å². The molecule has 21 heavy (non-hydrogen) atoms. The highest BCUT2D eigenvalue weighted by molar-refractivity contribution is 5.92. The molecule has 0 aliphatic carbocycles. The van der Waals surface area contributed by atoms with Crippen molar-refractivity contribution in [3.05, 3.63) is 29.6 Å². The van der Waals surface area contributed by atoms with Gasteiger partial charge in [0.05, 0.1) is 23.8 Å². The summed E-state index contributed by atoms with van der Waals surface area (Å²) in [5.41, 5.74) is -0.221. The number of carbonyl (C=O) groups is 2. The molecule has 2 bridgehead atoms. The van der Waals surface area contributed by atoms with Crippen LogP contribution in [-0.2, 0) is 4.74 Å². The van der Waals surface area contributed by atoms with Gasteiger partial charge in [-0.05, 0) is 37.5 Å². The molecule has 0 saturated carbocycles. The Balaban J connectivity index is 1.60. The first-order valence-electron chi connectivity index (χ1n) is 6.79. The second-order valence-electron chi connectivity index (χ2n) is 5.31. The van der Waals surface area contributed by atoms with E-state index in [2.05, 4.69) is 10.6 Å². The SMILES string of the molecule is O=C(Nc1ccc(C(=O)O)c(F)c1)NC1CC2CCC1O2. The molecule has 6 nitrogen and oxygen atoms in total. The summed E-state index contributed by atoms with van der Waals surface area (Å²) in [7, 11) is 0. The van der Waals surface area contributed by atoms with E-state index in [0.717, 1.165) is 31.4 Å². The van der Waals surface area contributed by atoms with Crippen LogP contribution in [0.3, 0.4) is 0 Å². The van der Waals surface area contributed by atoms with E-state index in [9.17, 15) is 14.0 Å². The maximum Gasteiger partial charge on any atom is 0.338 e. The van der Waals surface area contributed by atoms with Crippen LogP contribution in [0.4, 0.5) is 14.9 Å². The number of carbonyl (C=O) groups excluding carboxylic acids is 1. The number of rotatable bonds is 3. The second kappa shape index (κ2) is 5.33. The molecule has 2 amide bonds. The Morgan fingerprint density at radius 3 is 2.71 bits per heavy atom. The van der Waals surface area contributed by atoms with Crippen LogP contribution in [0.5, 0.6) is 0 Å². The lowest BCUT2D eigenvalue weighted by Crippen LogP contribution is -2.43. The molecule has 1 aromatic rings. The lowest BCUT2D eigenvalue weighted by atomic mass is 9.96. The zero-order valence-corrected chi connectivity index (χ0v) is 11.1. The Kier molecular flexibility index (Phi) is 3.50. The van der Waals surface area contributed by atoms with Gasteiger partial charge in [0.2, 0.25) is 0 Å². The first kappa shape index (κ1) is 13.8. The quantitative estimate of drug-likeness (QED) is 0.795. The number of ether oxygens (including phenoxy) is 1. The molecule has 1 aromatic carbocycles. The number of halogens is 1. The number of aromatic carboxylic acids is 1. The highest BCUT2D eigenvalue weighted by Gasteiger charge is 2.41. The van der Waals surface area contributed by atoms with Gasteiger partial charge in [-0.3, -0.25) is 0 Å². The maximum absolute atomic E-state index is 13.5. The van der Waals surface area contributed by atoms with Crippen LogP contribution in [0.1, 0.15) is 29.6 Å². The first-order valence-corrected chi connectivity index (χ1v) is 6.79. The van der Waals surface area contributed by atoms with Crippen LogP contribution < -0.4 is 10.6 Å². The lowest BCUT2D eigenvalue weighted by Gasteiger charge is -2.20. The Morgan fingerprint density at radius 1 is 1.33 bits per heavy atom. The number of carboxylic acid groups (broad SMARTS) is 1. The second-order valence-corrected chi connectivity index (χ2v) is 5.31. The molecule has 112 valence electrons. The van der Waals surface area contributed by atoms with E-state index in [-0.39, 0.29) is 23.9 Å². The number of carboxylic acids is 1. The molecule has 3 rings (SSSR count). The number of anilines is 1. The van der Waals surface area contributed by atoms with E-state index in [0.29, 0.717) is 0 Å². The lowest BCUT2D eigenvalue weighted by molar-refractivity contribution is 0.0692. The molecule has 2 heterocycles. The minimum absolute atomic E-state index is 0.0214. The fourth-order valence-corrected chi connectivity index (χ4v) is 2.89. The van der Waals surface area contributed by atoms with Gasteiger partial charge in [-0.2, -0.15) is 0 Å². The number of hydrogen-bond acceptors (Lipinski definition) is 3. The van der Waals surface area contributed by atoms with E-state index in [1.165, 1.54) is 6.07 Å². The van der Waals surface area contributed by atoms with Crippen molar-refractivity contribution in [3.8, 4) is 0 Å². The molecule has 7 heteroatoms. The number of nitrogens with one attached hydrogen (secondary N) is 2. The van der Waals surface area contributed by atoms with Crippen molar-refractivity contribution in [2.75, 3.05) is 5.32 Å². The number of benzene rings is 1. The third kappa shape index (κ3) is 2.82. The molecule has 2 fully saturated rings. The number of hydrogen-bond donors (Lipinski definition) is 3. The molecule has 2 aliphatic heterocycles. The molecule has 0 radical (unpaired) electrons. The van der Waals surface area contributed by atoms with Crippen molar-refractivity contribution in [1.29, 1.82) is 0 Å². The van der Waals surface area contributed by atoms with E-state index in [4.69, 9.17) is 9.84 Å². The smallest absolute Gasteiger partial charge is 0.338 e. The summed E-state index contributed by atoms with van der Waals surface area (Å²) in [4.78, 5) is 22.6. The molecule has 3 atom stereocenters. The van der Waals surface area contributed by atoms with Crippen molar-refractivity contribution in [3.63, 3.8) is 0 Å². The Bertz CT molecular complexity index is 592. The van der Waals surface area contributed by atoms with E-state index >= 15 is 0 Å². The summed E-state index contributed by atoms with van der Waals surface area (Å²) >= 11 is 0. The van der Waals surface area contributed by atoms with Crippen LogP contribution in [0, 0.1) is 5.82 Å². The number of amides is 2. The molecular formula is C14H15FN2O4. The van der Waals surface area contributed by atoms with Crippen LogP contribution in [-0.4, -0.2) is 35.4 Å². The summed E-state index contributed by atoms with van der Waals surface area (Å²) in [6.07, 6.45) is 3.06. The third-order valence-electron chi connectivity index (χ3n) is 3.88. The van der Waals surface area contributed by atoms with Gasteiger partial charge in [0.1, 0.15) is 5.82 Å². The predicted molar refractivity (Wildman–Crippen MR) is 71.8 cm³/mol. The minimum atomic E-state index is -1.34. The number of urea groups is 1. The topological polar surface area (TPSA) is 87.7 Å². The van der Waals surface area contributed by atoms with Gasteiger partial charge in [-0.1, -0.05) is 0 Å². The highest BCUT2D eigenvalue weighted by Crippen LogP contribution is 2.34. The zero-order valence-electron chi connectivity index (χ0n) is 11.1. The number of fused-ring (bicyclic) bond motifs is 2. The Morgan fingerprint density at radius 2 is 2.14 bits per heavy atom. The van der Waals surface area contributed by atoms with Gasteiger partial charge in [0, 0.05) is 5.69 Å². The van der Waals surface area contributed by atoms with E-state index in [1.807, 2.05) is 0 Å². The third-order valence-corrected chi connectivity index (χ3v) is 3.88. The van der Waals surface area contributed by atoms with Crippen LogP contribution >= 0.6 is 0 Å². The Labute approximate surface area is 120 Å². The van der Waals surface area contributed by atoms with Crippen molar-refractivity contribution in [1.82, 2.24) is 5.32 Å². The Hall–Kier alpha value is -2.15. The normalized spacial score (nSPS) is 26.6. The molecule has 0 aromatic heterocycles. The maximum atomic E-state index is 13.5. The van der Waals surface area contributed by atoms with Crippen molar-refractivity contribution < 1.29 is 23.8 Å².